The summed E-state index contributed by atoms with van der Waals surface area (Å²) < 4.78 is 4.85. The smallest absolute Gasteiger partial charge is 0.232 e. The molecule has 0 aliphatic rings. The maximum atomic E-state index is 11.6. The third-order valence-electron chi connectivity index (χ3n) is 2.15. The number of ether oxygens (including phenoxy) is 1. The van der Waals surface area contributed by atoms with Crippen molar-refractivity contribution in [3.8, 4) is 5.88 Å². The van der Waals surface area contributed by atoms with Crippen LogP contribution in [0.3, 0.4) is 0 Å². The Morgan fingerprint density at radius 3 is 2.64 bits per heavy atom. The number of Topliss-reactive ketones (excluding diaryl/α,β-unsaturated/α-hetero) is 1. The fourth-order valence-corrected chi connectivity index (χ4v) is 0.987. The van der Waals surface area contributed by atoms with Crippen LogP contribution >= 0.6 is 0 Å². The second-order valence-corrected chi connectivity index (χ2v) is 3.12. The first kappa shape index (κ1) is 10.6. The maximum Gasteiger partial charge on any atom is 0.232 e. The fraction of sp³-hybridized carbons (Fsp3) is 0.500. The zero-order valence-corrected chi connectivity index (χ0v) is 8.65. The Labute approximate surface area is 83.3 Å². The Morgan fingerprint density at radius 1 is 1.50 bits per heavy atom. The Bertz CT molecular complexity index is 308. The number of carbonyl (C=O) groups is 1. The normalized spacial score (nSPS) is 12.2. The summed E-state index contributed by atoms with van der Waals surface area (Å²) in [5, 5.41) is 0. The van der Waals surface area contributed by atoms with Gasteiger partial charge in [-0.25, -0.2) is 9.97 Å². The van der Waals surface area contributed by atoms with Crippen molar-refractivity contribution < 1.29 is 9.53 Å². The lowest BCUT2D eigenvalue weighted by atomic mass is 10.0. The van der Waals surface area contributed by atoms with E-state index in [1.807, 2.05) is 13.8 Å². The van der Waals surface area contributed by atoms with E-state index < -0.39 is 0 Å². The summed E-state index contributed by atoms with van der Waals surface area (Å²) in [6.07, 6.45) is 3.72. The fourth-order valence-electron chi connectivity index (χ4n) is 0.987. The van der Waals surface area contributed by atoms with E-state index in [1.54, 1.807) is 0 Å². The van der Waals surface area contributed by atoms with E-state index in [-0.39, 0.29) is 11.7 Å². The standard InChI is InChI=1S/C10H14N2O2/c1-4-7(2)10(13)8-5-12-9(14-3)6-11-8/h5-7H,4H2,1-3H3. The highest BCUT2D eigenvalue weighted by molar-refractivity contribution is 5.95. The Kier molecular flexibility index (Phi) is 3.56. The highest BCUT2D eigenvalue weighted by Crippen LogP contribution is 2.10. The molecule has 1 rings (SSSR count). The molecule has 0 saturated carbocycles. The van der Waals surface area contributed by atoms with Crippen molar-refractivity contribution in [3.63, 3.8) is 0 Å². The van der Waals surface area contributed by atoms with Crippen LogP contribution in [0.1, 0.15) is 30.8 Å². The van der Waals surface area contributed by atoms with Crippen molar-refractivity contribution in [2.45, 2.75) is 20.3 Å². The van der Waals surface area contributed by atoms with E-state index in [9.17, 15) is 4.79 Å². The van der Waals surface area contributed by atoms with E-state index in [0.29, 0.717) is 11.6 Å². The number of ketones is 1. The van der Waals surface area contributed by atoms with E-state index in [0.717, 1.165) is 6.42 Å². The van der Waals surface area contributed by atoms with Gasteiger partial charge in [0.25, 0.3) is 0 Å². The first-order valence-corrected chi connectivity index (χ1v) is 4.59. The SMILES string of the molecule is CCC(C)C(=O)c1cnc(OC)cn1. The number of aromatic nitrogens is 2. The molecular weight excluding hydrogens is 180 g/mol. The minimum Gasteiger partial charge on any atom is -0.480 e. The monoisotopic (exact) mass is 194 g/mol. The van der Waals surface area contributed by atoms with Gasteiger partial charge in [-0.1, -0.05) is 13.8 Å². The molecule has 4 heteroatoms. The van der Waals surface area contributed by atoms with Gasteiger partial charge in [0.1, 0.15) is 5.69 Å². The Balaban J connectivity index is 2.81. The van der Waals surface area contributed by atoms with Crippen molar-refractivity contribution in [1.29, 1.82) is 0 Å². The third-order valence-corrected chi connectivity index (χ3v) is 2.15. The van der Waals surface area contributed by atoms with Gasteiger partial charge in [-0.05, 0) is 6.42 Å². The topological polar surface area (TPSA) is 52.1 Å². The first-order valence-electron chi connectivity index (χ1n) is 4.59. The van der Waals surface area contributed by atoms with Crippen molar-refractivity contribution >= 4 is 5.78 Å². The number of rotatable bonds is 4. The number of hydrogen-bond donors (Lipinski definition) is 0. The molecule has 76 valence electrons. The molecule has 0 saturated heterocycles. The predicted octanol–water partition coefficient (Wildman–Crippen LogP) is 1.71. The molecule has 1 atom stereocenters. The van der Waals surface area contributed by atoms with Gasteiger partial charge in [0.15, 0.2) is 5.78 Å². The van der Waals surface area contributed by atoms with Crippen molar-refractivity contribution in [2.24, 2.45) is 5.92 Å². The molecule has 0 radical (unpaired) electrons. The summed E-state index contributed by atoms with van der Waals surface area (Å²) in [5.41, 5.74) is 0.403. The minimum absolute atomic E-state index is 0.00213. The Hall–Kier alpha value is -1.45. The molecule has 0 aliphatic carbocycles. The number of methoxy groups -OCH3 is 1. The van der Waals surface area contributed by atoms with Gasteiger partial charge in [-0.15, -0.1) is 0 Å². The van der Waals surface area contributed by atoms with E-state index in [4.69, 9.17) is 4.74 Å². The zero-order chi connectivity index (χ0) is 10.6. The lowest BCUT2D eigenvalue weighted by Crippen LogP contribution is -2.12. The molecule has 1 unspecified atom stereocenters. The summed E-state index contributed by atoms with van der Waals surface area (Å²) in [5.74, 6) is 0.450. The quantitative estimate of drug-likeness (QED) is 0.685. The predicted molar refractivity (Wildman–Crippen MR) is 52.4 cm³/mol. The summed E-state index contributed by atoms with van der Waals surface area (Å²) in [7, 11) is 1.51. The van der Waals surface area contributed by atoms with Crippen LogP contribution < -0.4 is 4.74 Å². The van der Waals surface area contributed by atoms with E-state index >= 15 is 0 Å². The van der Waals surface area contributed by atoms with Gasteiger partial charge in [0.05, 0.1) is 19.5 Å². The molecule has 4 nitrogen and oxygen atoms in total. The molecule has 0 aliphatic heterocycles. The van der Waals surface area contributed by atoms with Crippen LogP contribution in [0.4, 0.5) is 0 Å². The Morgan fingerprint density at radius 2 is 2.21 bits per heavy atom. The third kappa shape index (κ3) is 2.28. The van der Waals surface area contributed by atoms with Gasteiger partial charge >= 0.3 is 0 Å². The van der Waals surface area contributed by atoms with Crippen molar-refractivity contribution in [1.82, 2.24) is 9.97 Å². The van der Waals surface area contributed by atoms with Crippen LogP contribution in [0.15, 0.2) is 12.4 Å². The van der Waals surface area contributed by atoms with Crippen LogP contribution in [0, 0.1) is 5.92 Å². The molecule has 14 heavy (non-hydrogen) atoms. The van der Waals surface area contributed by atoms with E-state index in [1.165, 1.54) is 19.5 Å². The van der Waals surface area contributed by atoms with Gasteiger partial charge in [-0.2, -0.15) is 0 Å². The summed E-state index contributed by atoms with van der Waals surface area (Å²) in [6.45, 7) is 3.85. The van der Waals surface area contributed by atoms with Crippen LogP contribution in [0.2, 0.25) is 0 Å². The molecule has 0 fully saturated rings. The summed E-state index contributed by atoms with van der Waals surface area (Å²) in [4.78, 5) is 19.5. The van der Waals surface area contributed by atoms with Gasteiger partial charge in [0.2, 0.25) is 5.88 Å². The van der Waals surface area contributed by atoms with Crippen LogP contribution in [0.25, 0.3) is 0 Å². The second-order valence-electron chi connectivity index (χ2n) is 3.12. The molecule has 1 heterocycles. The molecular formula is C10H14N2O2. The second kappa shape index (κ2) is 4.69. The number of hydrogen-bond acceptors (Lipinski definition) is 4. The van der Waals surface area contributed by atoms with Crippen molar-refractivity contribution in [2.75, 3.05) is 7.11 Å². The largest absolute Gasteiger partial charge is 0.480 e. The first-order chi connectivity index (χ1) is 6.69. The highest BCUT2D eigenvalue weighted by atomic mass is 16.5. The van der Waals surface area contributed by atoms with Crippen LogP contribution in [0.5, 0.6) is 5.88 Å². The number of carbonyl (C=O) groups excluding carboxylic acids is 1. The van der Waals surface area contributed by atoms with Gasteiger partial charge in [-0.3, -0.25) is 4.79 Å². The number of nitrogens with zero attached hydrogens (tertiary/aromatic N) is 2. The molecule has 0 amide bonds. The lowest BCUT2D eigenvalue weighted by molar-refractivity contribution is 0.0921. The molecule has 0 aromatic carbocycles. The molecule has 0 bridgehead atoms. The highest BCUT2D eigenvalue weighted by Gasteiger charge is 2.14. The summed E-state index contributed by atoms with van der Waals surface area (Å²) >= 11 is 0. The maximum absolute atomic E-state index is 11.6. The van der Waals surface area contributed by atoms with Gasteiger partial charge in [0, 0.05) is 5.92 Å². The molecule has 0 N–H and O–H groups in total. The molecule has 0 spiro atoms. The van der Waals surface area contributed by atoms with E-state index in [2.05, 4.69) is 9.97 Å². The van der Waals surface area contributed by atoms with Crippen molar-refractivity contribution in [3.05, 3.63) is 18.1 Å². The average Bonchev–Trinajstić information content (AvgIpc) is 2.27. The van der Waals surface area contributed by atoms with Gasteiger partial charge < -0.3 is 4.74 Å². The zero-order valence-electron chi connectivity index (χ0n) is 8.65. The molecule has 1 aromatic heterocycles. The summed E-state index contributed by atoms with van der Waals surface area (Å²) in [6, 6.07) is 0. The lowest BCUT2D eigenvalue weighted by Gasteiger charge is -2.06. The van der Waals surface area contributed by atoms with Crippen LogP contribution in [-0.4, -0.2) is 22.9 Å². The average molecular weight is 194 g/mol. The van der Waals surface area contributed by atoms with Crippen LogP contribution in [-0.2, 0) is 0 Å². The molecule has 1 aromatic rings. The minimum atomic E-state index is -0.00213.